The lowest BCUT2D eigenvalue weighted by Crippen LogP contribution is -2.08. The third kappa shape index (κ3) is 2.63. The average Bonchev–Trinajstić information content (AvgIpc) is 2.22. The van der Waals surface area contributed by atoms with E-state index in [0.717, 1.165) is 26.6 Å². The summed E-state index contributed by atoms with van der Waals surface area (Å²) < 4.78 is 1.74. The highest BCUT2D eigenvalue weighted by atomic mass is 79.9. The van der Waals surface area contributed by atoms with E-state index >= 15 is 0 Å². The predicted molar refractivity (Wildman–Crippen MR) is 78.5 cm³/mol. The molecule has 2 aromatic rings. The second-order valence-electron chi connectivity index (χ2n) is 4.54. The summed E-state index contributed by atoms with van der Waals surface area (Å²) in [5.74, 6) is 0.522. The largest absolute Gasteiger partial charge is 0.357 e. The minimum absolute atomic E-state index is 0.0579. The summed E-state index contributed by atoms with van der Waals surface area (Å²) in [4.78, 5) is 15.4. The zero-order valence-electron chi connectivity index (χ0n) is 9.68. The summed E-state index contributed by atoms with van der Waals surface area (Å²) in [6.07, 6.45) is 0.879. The molecule has 0 bridgehead atoms. The molecule has 4 heteroatoms. The van der Waals surface area contributed by atoms with Crippen LogP contribution in [0.1, 0.15) is 19.5 Å². The van der Waals surface area contributed by atoms with Gasteiger partial charge in [0.2, 0.25) is 0 Å². The highest BCUT2D eigenvalue weighted by Gasteiger charge is 2.09. The molecule has 1 aromatic carbocycles. The van der Waals surface area contributed by atoms with Gasteiger partial charge in [0.05, 0.1) is 10.9 Å². The third-order valence-electron chi connectivity index (χ3n) is 2.57. The zero-order chi connectivity index (χ0) is 12.6. The first-order valence-electron chi connectivity index (χ1n) is 5.49. The molecule has 1 heterocycles. The quantitative estimate of drug-likeness (QED) is 0.855. The topological polar surface area (TPSA) is 32.9 Å². The van der Waals surface area contributed by atoms with E-state index < -0.39 is 0 Å². The molecular weight excluding hydrogens is 346 g/mol. The van der Waals surface area contributed by atoms with E-state index in [9.17, 15) is 4.79 Å². The number of H-pyrrole nitrogens is 1. The Kier molecular flexibility index (Phi) is 3.73. The second kappa shape index (κ2) is 4.94. The molecule has 17 heavy (non-hydrogen) atoms. The number of pyridine rings is 1. The van der Waals surface area contributed by atoms with E-state index in [1.165, 1.54) is 0 Å². The summed E-state index contributed by atoms with van der Waals surface area (Å²) in [5, 5.41) is 0.701. The molecule has 0 fully saturated rings. The molecule has 0 saturated carbocycles. The van der Waals surface area contributed by atoms with Gasteiger partial charge in [-0.25, -0.2) is 0 Å². The minimum Gasteiger partial charge on any atom is -0.357 e. The first-order chi connectivity index (χ1) is 7.99. The van der Waals surface area contributed by atoms with Crippen LogP contribution in [0.2, 0.25) is 0 Å². The van der Waals surface area contributed by atoms with Crippen molar-refractivity contribution in [1.29, 1.82) is 0 Å². The summed E-state index contributed by atoms with van der Waals surface area (Å²) in [7, 11) is 0. The number of hydrogen-bond acceptors (Lipinski definition) is 1. The molecule has 0 saturated heterocycles. The summed E-state index contributed by atoms with van der Waals surface area (Å²) in [5.41, 5.74) is 1.90. The third-order valence-corrected chi connectivity index (χ3v) is 3.89. The smallest absolute Gasteiger partial charge is 0.190 e. The second-order valence-corrected chi connectivity index (χ2v) is 6.24. The Bertz CT molecular complexity index is 617. The lowest BCUT2D eigenvalue weighted by molar-refractivity contribution is 0.636. The molecule has 2 rings (SSSR count). The van der Waals surface area contributed by atoms with E-state index in [0.29, 0.717) is 11.3 Å². The Balaban J connectivity index is 2.73. The van der Waals surface area contributed by atoms with Gasteiger partial charge in [0, 0.05) is 20.7 Å². The molecule has 0 aliphatic heterocycles. The zero-order valence-corrected chi connectivity index (χ0v) is 12.9. The van der Waals surface area contributed by atoms with Gasteiger partial charge >= 0.3 is 0 Å². The molecular formula is C13H13Br2NO. The fourth-order valence-electron chi connectivity index (χ4n) is 1.89. The number of hydrogen-bond donors (Lipinski definition) is 1. The molecule has 2 nitrogen and oxygen atoms in total. The van der Waals surface area contributed by atoms with Crippen molar-refractivity contribution >= 4 is 42.8 Å². The van der Waals surface area contributed by atoms with Gasteiger partial charge in [-0.05, 0) is 56.3 Å². The van der Waals surface area contributed by atoms with Crippen molar-refractivity contribution in [2.45, 2.75) is 20.3 Å². The average molecular weight is 359 g/mol. The van der Waals surface area contributed by atoms with E-state index in [-0.39, 0.29) is 5.43 Å². The van der Waals surface area contributed by atoms with Crippen molar-refractivity contribution in [2.24, 2.45) is 5.92 Å². The number of aromatic nitrogens is 1. The highest BCUT2D eigenvalue weighted by molar-refractivity contribution is 9.11. The normalized spacial score (nSPS) is 11.4. The van der Waals surface area contributed by atoms with Crippen molar-refractivity contribution in [3.63, 3.8) is 0 Å². The van der Waals surface area contributed by atoms with Crippen LogP contribution in [0.15, 0.2) is 31.9 Å². The maximum atomic E-state index is 12.1. The maximum absolute atomic E-state index is 12.1. The van der Waals surface area contributed by atoms with Crippen molar-refractivity contribution in [2.75, 3.05) is 0 Å². The fraction of sp³-hybridized carbons (Fsp3) is 0.308. The Morgan fingerprint density at radius 1 is 1.24 bits per heavy atom. The summed E-state index contributed by atoms with van der Waals surface area (Å²) in [6, 6.07) is 5.50. The van der Waals surface area contributed by atoms with Crippen LogP contribution < -0.4 is 5.43 Å². The Morgan fingerprint density at radius 2 is 1.88 bits per heavy atom. The summed E-state index contributed by atoms with van der Waals surface area (Å²) >= 11 is 6.89. The lowest BCUT2D eigenvalue weighted by atomic mass is 10.1. The molecule has 0 amide bonds. The van der Waals surface area contributed by atoms with Crippen LogP contribution in [0.5, 0.6) is 0 Å². The van der Waals surface area contributed by atoms with Gasteiger partial charge in [0.15, 0.2) is 5.43 Å². The highest BCUT2D eigenvalue weighted by Crippen LogP contribution is 2.26. The molecule has 0 radical (unpaired) electrons. The van der Waals surface area contributed by atoms with E-state index in [1.54, 1.807) is 6.07 Å². The molecule has 1 N–H and O–H groups in total. The number of aromatic amines is 1. The van der Waals surface area contributed by atoms with Crippen LogP contribution in [0, 0.1) is 5.92 Å². The number of benzene rings is 1. The molecule has 90 valence electrons. The van der Waals surface area contributed by atoms with Crippen LogP contribution in [-0.4, -0.2) is 4.98 Å². The lowest BCUT2D eigenvalue weighted by Gasteiger charge is -2.08. The SMILES string of the molecule is CC(C)Cc1cc(=O)c2c(Br)ccc(Br)c2[nH]1. The monoisotopic (exact) mass is 357 g/mol. The maximum Gasteiger partial charge on any atom is 0.190 e. The molecule has 0 unspecified atom stereocenters. The van der Waals surface area contributed by atoms with Gasteiger partial charge in [-0.3, -0.25) is 4.79 Å². The van der Waals surface area contributed by atoms with E-state index in [4.69, 9.17) is 0 Å². The molecule has 0 spiro atoms. The van der Waals surface area contributed by atoms with Crippen LogP contribution in [0.4, 0.5) is 0 Å². The van der Waals surface area contributed by atoms with Crippen LogP contribution >= 0.6 is 31.9 Å². The molecule has 0 aliphatic rings. The number of halogens is 2. The number of rotatable bonds is 2. The first-order valence-corrected chi connectivity index (χ1v) is 7.07. The Hall–Kier alpha value is -0.610. The predicted octanol–water partition coefficient (Wildman–Crippen LogP) is 4.25. The van der Waals surface area contributed by atoms with Gasteiger partial charge in [-0.2, -0.15) is 0 Å². The van der Waals surface area contributed by atoms with Gasteiger partial charge in [-0.1, -0.05) is 13.8 Å². The summed E-state index contributed by atoms with van der Waals surface area (Å²) in [6.45, 7) is 4.27. The number of fused-ring (bicyclic) bond motifs is 1. The standard InChI is InChI=1S/C13H13Br2NO/c1-7(2)5-8-6-11(17)12-9(14)3-4-10(15)13(12)16-8/h3-4,6-7H,5H2,1-2H3,(H,16,17). The molecule has 1 aromatic heterocycles. The minimum atomic E-state index is 0.0579. The van der Waals surface area contributed by atoms with Gasteiger partial charge in [0.1, 0.15) is 0 Å². The molecule has 0 aliphatic carbocycles. The van der Waals surface area contributed by atoms with Crippen LogP contribution in [0.3, 0.4) is 0 Å². The molecule has 0 atom stereocenters. The van der Waals surface area contributed by atoms with Crippen molar-refractivity contribution in [1.82, 2.24) is 4.98 Å². The van der Waals surface area contributed by atoms with E-state index in [2.05, 4.69) is 50.7 Å². The van der Waals surface area contributed by atoms with Crippen molar-refractivity contribution in [3.05, 3.63) is 43.1 Å². The van der Waals surface area contributed by atoms with E-state index in [1.807, 2.05) is 12.1 Å². The fourth-order valence-corrected chi connectivity index (χ4v) is 2.85. The van der Waals surface area contributed by atoms with Crippen molar-refractivity contribution < 1.29 is 0 Å². The number of nitrogens with one attached hydrogen (secondary N) is 1. The Morgan fingerprint density at radius 3 is 2.53 bits per heavy atom. The van der Waals surface area contributed by atoms with Gasteiger partial charge in [0.25, 0.3) is 0 Å². The van der Waals surface area contributed by atoms with Crippen molar-refractivity contribution in [3.8, 4) is 0 Å². The van der Waals surface area contributed by atoms with Gasteiger partial charge in [-0.15, -0.1) is 0 Å². The Labute approximate surface area is 117 Å². The van der Waals surface area contributed by atoms with Crippen LogP contribution in [0.25, 0.3) is 10.9 Å². The van der Waals surface area contributed by atoms with Gasteiger partial charge < -0.3 is 4.98 Å². The first kappa shape index (κ1) is 12.8. The van der Waals surface area contributed by atoms with Crippen LogP contribution in [-0.2, 0) is 6.42 Å².